The number of benzene rings is 2. The molecule has 0 aliphatic heterocycles. The van der Waals surface area contributed by atoms with Crippen molar-refractivity contribution >= 4 is 39.0 Å². The quantitative estimate of drug-likeness (QED) is 0.299. The van der Waals surface area contributed by atoms with E-state index in [0.29, 0.717) is 12.1 Å². The molecule has 0 aliphatic carbocycles. The number of anilines is 2. The molecule has 6 nitrogen and oxygen atoms in total. The van der Waals surface area contributed by atoms with Crippen molar-refractivity contribution < 1.29 is 4.79 Å². The molecule has 4 aromatic rings. The van der Waals surface area contributed by atoms with E-state index in [0.717, 1.165) is 41.4 Å². The van der Waals surface area contributed by atoms with E-state index in [2.05, 4.69) is 78.3 Å². The molecule has 2 aromatic carbocycles. The van der Waals surface area contributed by atoms with Gasteiger partial charge >= 0.3 is 0 Å². The average Bonchev–Trinajstić information content (AvgIpc) is 3.20. The van der Waals surface area contributed by atoms with E-state index in [1.54, 1.807) is 17.7 Å². The minimum atomic E-state index is -0.0568. The number of carbonyl (C=O) groups is 1. The summed E-state index contributed by atoms with van der Waals surface area (Å²) < 4.78 is 0. The summed E-state index contributed by atoms with van der Waals surface area (Å²) in [6.07, 6.45) is 1.60. The maximum absolute atomic E-state index is 12.5. The molecular formula is C28H33N5OS. The molecule has 7 heteroatoms. The van der Waals surface area contributed by atoms with Gasteiger partial charge in [0, 0.05) is 34.8 Å². The second-order valence-electron chi connectivity index (χ2n) is 8.72. The van der Waals surface area contributed by atoms with E-state index >= 15 is 0 Å². The number of nitrogens with zero attached hydrogens (tertiary/aromatic N) is 3. The highest BCUT2D eigenvalue weighted by Crippen LogP contribution is 2.41. The fourth-order valence-corrected chi connectivity index (χ4v) is 5.21. The second-order valence-corrected chi connectivity index (χ2v) is 9.92. The van der Waals surface area contributed by atoms with Gasteiger partial charge < -0.3 is 15.5 Å². The first-order chi connectivity index (χ1) is 16.9. The van der Waals surface area contributed by atoms with Crippen molar-refractivity contribution in [3.8, 4) is 11.1 Å². The summed E-state index contributed by atoms with van der Waals surface area (Å²) in [6.45, 7) is 14.1. The predicted molar refractivity (Wildman–Crippen MR) is 147 cm³/mol. The number of rotatable bonds is 9. The summed E-state index contributed by atoms with van der Waals surface area (Å²) in [4.78, 5) is 26.1. The van der Waals surface area contributed by atoms with E-state index in [1.165, 1.54) is 27.1 Å². The fraction of sp³-hybridized carbons (Fsp3) is 0.321. The summed E-state index contributed by atoms with van der Waals surface area (Å²) >= 11 is 1.68. The lowest BCUT2D eigenvalue weighted by Crippen LogP contribution is -2.34. The minimum Gasteiger partial charge on any atom is -0.351 e. The first kappa shape index (κ1) is 24.8. The molecule has 0 aliphatic rings. The summed E-state index contributed by atoms with van der Waals surface area (Å²) in [6, 6.07) is 14.1. The van der Waals surface area contributed by atoms with Gasteiger partial charge in [0.2, 0.25) is 0 Å². The number of aryl methyl sites for hydroxylation is 3. The molecule has 0 atom stereocenters. The lowest BCUT2D eigenvalue weighted by molar-refractivity contribution is 0.0949. The van der Waals surface area contributed by atoms with Crippen LogP contribution in [-0.4, -0.2) is 47.0 Å². The maximum atomic E-state index is 12.5. The molecule has 1 amide bonds. The third-order valence-corrected chi connectivity index (χ3v) is 7.49. The summed E-state index contributed by atoms with van der Waals surface area (Å²) in [5.41, 5.74) is 6.40. The molecule has 0 unspecified atom stereocenters. The third kappa shape index (κ3) is 5.52. The lowest BCUT2D eigenvalue weighted by Gasteiger charge is -2.18. The second kappa shape index (κ2) is 11.0. The van der Waals surface area contributed by atoms with Crippen LogP contribution >= 0.6 is 11.3 Å². The molecule has 2 heterocycles. The Kier molecular flexibility index (Phi) is 7.78. The molecule has 182 valence electrons. The number of nitrogens with one attached hydrogen (secondary N) is 2. The van der Waals surface area contributed by atoms with Crippen LogP contribution in [0.5, 0.6) is 0 Å². The maximum Gasteiger partial charge on any atom is 0.251 e. The normalized spacial score (nSPS) is 11.3. The number of carbonyl (C=O) groups excluding carboxylic acids is 1. The number of aromatic nitrogens is 2. The summed E-state index contributed by atoms with van der Waals surface area (Å²) in [5.74, 6) is 0.711. The predicted octanol–water partition coefficient (Wildman–Crippen LogP) is 6.10. The highest BCUT2D eigenvalue weighted by atomic mass is 32.1. The largest absolute Gasteiger partial charge is 0.351 e. The van der Waals surface area contributed by atoms with Gasteiger partial charge in [-0.15, -0.1) is 11.3 Å². The lowest BCUT2D eigenvalue weighted by atomic mass is 9.99. The van der Waals surface area contributed by atoms with Crippen LogP contribution in [0.1, 0.15) is 40.2 Å². The number of thiophene rings is 1. The Morgan fingerprint density at radius 2 is 1.71 bits per heavy atom. The van der Waals surface area contributed by atoms with E-state index in [-0.39, 0.29) is 5.91 Å². The van der Waals surface area contributed by atoms with Crippen molar-refractivity contribution in [3.05, 3.63) is 70.4 Å². The molecule has 35 heavy (non-hydrogen) atoms. The van der Waals surface area contributed by atoms with Crippen LogP contribution in [0.4, 0.5) is 11.5 Å². The summed E-state index contributed by atoms with van der Waals surface area (Å²) in [5, 5.41) is 7.49. The highest BCUT2D eigenvalue weighted by molar-refractivity contribution is 7.19. The molecular weight excluding hydrogens is 454 g/mol. The Labute approximate surface area is 211 Å². The number of amides is 1. The van der Waals surface area contributed by atoms with Gasteiger partial charge in [-0.25, -0.2) is 9.97 Å². The zero-order valence-corrected chi connectivity index (χ0v) is 21.9. The monoisotopic (exact) mass is 487 g/mol. The zero-order chi connectivity index (χ0) is 24.9. The number of likely N-dealkylation sites (N-methyl/N-ethyl adjacent to an activating group) is 1. The van der Waals surface area contributed by atoms with Crippen LogP contribution < -0.4 is 10.6 Å². The highest BCUT2D eigenvalue weighted by Gasteiger charge is 2.17. The number of hydrogen-bond acceptors (Lipinski definition) is 6. The van der Waals surface area contributed by atoms with Crippen molar-refractivity contribution in [1.82, 2.24) is 20.2 Å². The molecule has 0 fully saturated rings. The van der Waals surface area contributed by atoms with Crippen LogP contribution in [0.25, 0.3) is 21.3 Å². The zero-order valence-electron chi connectivity index (χ0n) is 21.1. The molecule has 0 saturated heterocycles. The SMILES string of the molecule is CCN(CC)CCNC(=O)c1ccc(Nc2ncnc3sc(C)c(-c4ccc(C)c(C)c4)c23)cc1. The minimum absolute atomic E-state index is 0.0568. The van der Waals surface area contributed by atoms with Crippen LogP contribution in [0.2, 0.25) is 0 Å². The smallest absolute Gasteiger partial charge is 0.251 e. The van der Waals surface area contributed by atoms with Crippen LogP contribution in [0.15, 0.2) is 48.8 Å². The van der Waals surface area contributed by atoms with Crippen LogP contribution in [0.3, 0.4) is 0 Å². The Balaban J connectivity index is 1.55. The molecule has 0 spiro atoms. The fourth-order valence-electron chi connectivity index (χ4n) is 4.19. The van der Waals surface area contributed by atoms with E-state index in [4.69, 9.17) is 0 Å². The topological polar surface area (TPSA) is 70.2 Å². The van der Waals surface area contributed by atoms with E-state index < -0.39 is 0 Å². The Morgan fingerprint density at radius 1 is 0.971 bits per heavy atom. The molecule has 4 rings (SSSR count). The standard InChI is InChI=1S/C28H33N5OS/c1-6-33(7-2)15-14-29-27(34)21-10-12-23(13-11-21)32-26-25-24(20(5)35-28(25)31-17-30-26)22-9-8-18(3)19(4)16-22/h8-13,16-17H,6-7,14-15H2,1-5H3,(H,29,34)(H,30,31,32). The van der Waals surface area contributed by atoms with Gasteiger partial charge in [0.25, 0.3) is 5.91 Å². The Bertz CT molecular complexity index is 1330. The molecule has 0 bridgehead atoms. The first-order valence-electron chi connectivity index (χ1n) is 12.1. The molecule has 2 N–H and O–H groups in total. The first-order valence-corrected chi connectivity index (χ1v) is 12.9. The Morgan fingerprint density at radius 3 is 2.40 bits per heavy atom. The van der Waals surface area contributed by atoms with Crippen molar-refractivity contribution in [3.63, 3.8) is 0 Å². The van der Waals surface area contributed by atoms with Crippen LogP contribution in [0, 0.1) is 20.8 Å². The van der Waals surface area contributed by atoms with E-state index in [1.807, 2.05) is 24.3 Å². The van der Waals surface area contributed by atoms with Crippen molar-refractivity contribution in [2.24, 2.45) is 0 Å². The van der Waals surface area contributed by atoms with Crippen molar-refractivity contribution in [2.75, 3.05) is 31.5 Å². The van der Waals surface area contributed by atoms with Gasteiger partial charge in [0.1, 0.15) is 17.0 Å². The van der Waals surface area contributed by atoms with Gasteiger partial charge in [0.15, 0.2) is 0 Å². The third-order valence-electron chi connectivity index (χ3n) is 6.48. The van der Waals surface area contributed by atoms with Gasteiger partial charge in [0.05, 0.1) is 5.39 Å². The van der Waals surface area contributed by atoms with Crippen molar-refractivity contribution in [1.29, 1.82) is 0 Å². The number of hydrogen-bond donors (Lipinski definition) is 2. The van der Waals surface area contributed by atoms with Gasteiger partial charge in [-0.1, -0.05) is 32.0 Å². The molecule has 2 aromatic heterocycles. The number of fused-ring (bicyclic) bond motifs is 1. The van der Waals surface area contributed by atoms with Crippen LogP contribution in [-0.2, 0) is 0 Å². The summed E-state index contributed by atoms with van der Waals surface area (Å²) in [7, 11) is 0. The van der Waals surface area contributed by atoms with Crippen molar-refractivity contribution in [2.45, 2.75) is 34.6 Å². The Hall–Kier alpha value is -3.29. The van der Waals surface area contributed by atoms with Gasteiger partial charge in [-0.05, 0) is 74.8 Å². The molecule has 0 radical (unpaired) electrons. The molecule has 0 saturated carbocycles. The van der Waals surface area contributed by atoms with E-state index in [9.17, 15) is 4.79 Å². The average molecular weight is 488 g/mol. The van der Waals surface area contributed by atoms with Gasteiger partial charge in [-0.3, -0.25) is 4.79 Å². The van der Waals surface area contributed by atoms with Gasteiger partial charge in [-0.2, -0.15) is 0 Å².